The van der Waals surface area contributed by atoms with Crippen LogP contribution in [0.1, 0.15) is 25.0 Å². The van der Waals surface area contributed by atoms with Crippen LogP contribution in [-0.2, 0) is 9.53 Å². The first-order valence-corrected chi connectivity index (χ1v) is 5.32. The van der Waals surface area contributed by atoms with Gasteiger partial charge in [0.15, 0.2) is 0 Å². The molecule has 0 unspecified atom stereocenters. The van der Waals surface area contributed by atoms with E-state index < -0.39 is 0 Å². The number of ether oxygens (including phenoxy) is 1. The first-order chi connectivity index (χ1) is 6.33. The highest BCUT2D eigenvalue weighted by molar-refractivity contribution is 7.07. The van der Waals surface area contributed by atoms with Gasteiger partial charge in [-0.2, -0.15) is 0 Å². The molecule has 0 N–H and O–H groups in total. The third-order valence-electron chi connectivity index (χ3n) is 2.21. The van der Waals surface area contributed by atoms with E-state index in [1.165, 1.54) is 0 Å². The molecule has 1 aliphatic rings. The summed E-state index contributed by atoms with van der Waals surface area (Å²) in [6, 6.07) is 0. The zero-order valence-corrected chi connectivity index (χ0v) is 8.21. The smallest absolute Gasteiger partial charge is 0.309 e. The van der Waals surface area contributed by atoms with E-state index in [0.717, 1.165) is 12.1 Å². The second-order valence-electron chi connectivity index (χ2n) is 3.11. The van der Waals surface area contributed by atoms with Gasteiger partial charge in [-0.1, -0.05) is 0 Å². The van der Waals surface area contributed by atoms with Crippen LogP contribution in [0.3, 0.4) is 0 Å². The van der Waals surface area contributed by atoms with Crippen LogP contribution in [0.2, 0.25) is 0 Å². The van der Waals surface area contributed by atoms with Gasteiger partial charge in [-0.15, -0.1) is 11.3 Å². The SMILES string of the molecule is CCOC(=O)[C@H]1C[C@@H]1c1cscn1. The summed E-state index contributed by atoms with van der Waals surface area (Å²) in [6.07, 6.45) is 0.905. The Bertz CT molecular complexity index is 297. The van der Waals surface area contributed by atoms with Gasteiger partial charge in [0.05, 0.1) is 23.7 Å². The molecular weight excluding hydrogens is 186 g/mol. The third kappa shape index (κ3) is 1.72. The molecule has 0 bridgehead atoms. The van der Waals surface area contributed by atoms with Gasteiger partial charge in [0.1, 0.15) is 0 Å². The van der Waals surface area contributed by atoms with Crippen LogP contribution < -0.4 is 0 Å². The number of thiazole rings is 1. The molecule has 70 valence electrons. The second-order valence-corrected chi connectivity index (χ2v) is 3.83. The van der Waals surface area contributed by atoms with Gasteiger partial charge in [-0.05, 0) is 13.3 Å². The van der Waals surface area contributed by atoms with Gasteiger partial charge < -0.3 is 4.74 Å². The summed E-state index contributed by atoms with van der Waals surface area (Å²) in [7, 11) is 0. The Morgan fingerprint density at radius 2 is 2.69 bits per heavy atom. The van der Waals surface area contributed by atoms with Crippen molar-refractivity contribution in [3.05, 3.63) is 16.6 Å². The number of hydrogen-bond acceptors (Lipinski definition) is 4. The van der Waals surface area contributed by atoms with Crippen molar-refractivity contribution in [3.63, 3.8) is 0 Å². The van der Waals surface area contributed by atoms with Crippen molar-refractivity contribution >= 4 is 17.3 Å². The predicted octanol–water partition coefficient (Wildman–Crippen LogP) is 1.81. The molecule has 0 aromatic carbocycles. The maximum atomic E-state index is 11.3. The molecular formula is C9H11NO2S. The summed E-state index contributed by atoms with van der Waals surface area (Å²) < 4.78 is 4.93. The summed E-state index contributed by atoms with van der Waals surface area (Å²) in [5.41, 5.74) is 2.85. The van der Waals surface area contributed by atoms with Crippen LogP contribution in [-0.4, -0.2) is 17.6 Å². The molecule has 0 spiro atoms. The number of rotatable bonds is 3. The van der Waals surface area contributed by atoms with E-state index in [-0.39, 0.29) is 11.9 Å². The Balaban J connectivity index is 1.92. The van der Waals surface area contributed by atoms with Crippen molar-refractivity contribution in [1.29, 1.82) is 0 Å². The Hall–Kier alpha value is -0.900. The average molecular weight is 197 g/mol. The molecule has 2 atom stereocenters. The molecule has 1 aromatic rings. The minimum Gasteiger partial charge on any atom is -0.466 e. The Morgan fingerprint density at radius 1 is 1.85 bits per heavy atom. The molecule has 0 saturated heterocycles. The van der Waals surface area contributed by atoms with E-state index in [2.05, 4.69) is 4.98 Å². The van der Waals surface area contributed by atoms with Gasteiger partial charge in [0.25, 0.3) is 0 Å². The molecule has 1 aromatic heterocycles. The predicted molar refractivity (Wildman–Crippen MR) is 49.6 cm³/mol. The fourth-order valence-corrected chi connectivity index (χ4v) is 2.06. The lowest BCUT2D eigenvalue weighted by Gasteiger charge is -1.98. The fourth-order valence-electron chi connectivity index (χ4n) is 1.44. The van der Waals surface area contributed by atoms with E-state index in [0.29, 0.717) is 12.5 Å². The zero-order chi connectivity index (χ0) is 9.26. The van der Waals surface area contributed by atoms with Crippen LogP contribution in [0, 0.1) is 5.92 Å². The number of esters is 1. The quantitative estimate of drug-likeness (QED) is 0.694. The van der Waals surface area contributed by atoms with Crippen LogP contribution in [0.25, 0.3) is 0 Å². The molecule has 0 radical (unpaired) electrons. The van der Waals surface area contributed by atoms with Gasteiger partial charge >= 0.3 is 5.97 Å². The number of hydrogen-bond donors (Lipinski definition) is 0. The largest absolute Gasteiger partial charge is 0.466 e. The number of carbonyl (C=O) groups excluding carboxylic acids is 1. The third-order valence-corrected chi connectivity index (χ3v) is 2.82. The highest BCUT2D eigenvalue weighted by Crippen LogP contribution is 2.47. The summed E-state index contributed by atoms with van der Waals surface area (Å²) in [6.45, 7) is 2.30. The highest BCUT2D eigenvalue weighted by Gasteiger charge is 2.46. The van der Waals surface area contributed by atoms with Crippen LogP contribution in [0.5, 0.6) is 0 Å². The Kier molecular flexibility index (Phi) is 2.31. The minimum atomic E-state index is -0.0690. The summed E-state index contributed by atoms with van der Waals surface area (Å²) in [4.78, 5) is 15.4. The van der Waals surface area contributed by atoms with E-state index >= 15 is 0 Å². The lowest BCUT2D eigenvalue weighted by molar-refractivity contribution is -0.144. The standard InChI is InChI=1S/C9H11NO2S/c1-2-12-9(11)7-3-6(7)8-4-13-5-10-8/h4-7H,2-3H2,1H3/t6-,7-/m0/s1. The lowest BCUT2D eigenvalue weighted by atomic mass is 10.2. The van der Waals surface area contributed by atoms with E-state index in [1.807, 2.05) is 12.3 Å². The number of nitrogens with zero attached hydrogens (tertiary/aromatic N) is 1. The summed E-state index contributed by atoms with van der Waals surface area (Å²) >= 11 is 1.57. The normalized spacial score (nSPS) is 25.6. The molecule has 1 fully saturated rings. The van der Waals surface area contributed by atoms with Crippen LogP contribution in [0.4, 0.5) is 0 Å². The van der Waals surface area contributed by atoms with Crippen LogP contribution >= 0.6 is 11.3 Å². The van der Waals surface area contributed by atoms with Crippen molar-refractivity contribution in [2.75, 3.05) is 6.61 Å². The summed E-state index contributed by atoms with van der Waals surface area (Å²) in [5, 5.41) is 2.00. The molecule has 2 rings (SSSR count). The fraction of sp³-hybridized carbons (Fsp3) is 0.556. The zero-order valence-electron chi connectivity index (χ0n) is 7.40. The molecule has 13 heavy (non-hydrogen) atoms. The average Bonchev–Trinajstić information content (AvgIpc) is 2.74. The Morgan fingerprint density at radius 3 is 3.31 bits per heavy atom. The highest BCUT2D eigenvalue weighted by atomic mass is 32.1. The topological polar surface area (TPSA) is 39.2 Å². The van der Waals surface area contributed by atoms with Crippen molar-refractivity contribution < 1.29 is 9.53 Å². The minimum absolute atomic E-state index is 0.0690. The first kappa shape index (κ1) is 8.69. The molecule has 1 aliphatic carbocycles. The van der Waals surface area contributed by atoms with Gasteiger partial charge in [-0.3, -0.25) is 4.79 Å². The van der Waals surface area contributed by atoms with Gasteiger partial charge in [0, 0.05) is 11.3 Å². The monoisotopic (exact) mass is 197 g/mol. The molecule has 4 heteroatoms. The van der Waals surface area contributed by atoms with E-state index in [1.54, 1.807) is 16.8 Å². The van der Waals surface area contributed by atoms with E-state index in [4.69, 9.17) is 4.74 Å². The number of carbonyl (C=O) groups is 1. The van der Waals surface area contributed by atoms with Crippen molar-refractivity contribution in [1.82, 2.24) is 4.98 Å². The molecule has 3 nitrogen and oxygen atoms in total. The summed E-state index contributed by atoms with van der Waals surface area (Å²) in [5.74, 6) is 0.327. The molecule has 0 aliphatic heterocycles. The van der Waals surface area contributed by atoms with Crippen LogP contribution in [0.15, 0.2) is 10.9 Å². The molecule has 1 heterocycles. The lowest BCUT2D eigenvalue weighted by Crippen LogP contribution is -2.07. The van der Waals surface area contributed by atoms with Crippen molar-refractivity contribution in [2.45, 2.75) is 19.3 Å². The van der Waals surface area contributed by atoms with E-state index in [9.17, 15) is 4.79 Å². The molecule has 1 saturated carbocycles. The van der Waals surface area contributed by atoms with Gasteiger partial charge in [-0.25, -0.2) is 4.98 Å². The maximum Gasteiger partial charge on any atom is 0.309 e. The van der Waals surface area contributed by atoms with Crippen molar-refractivity contribution in [2.24, 2.45) is 5.92 Å². The maximum absolute atomic E-state index is 11.3. The number of aromatic nitrogens is 1. The van der Waals surface area contributed by atoms with Gasteiger partial charge in [0.2, 0.25) is 0 Å². The second kappa shape index (κ2) is 3.46. The Labute approximate surface area is 80.8 Å². The van der Waals surface area contributed by atoms with Crippen molar-refractivity contribution in [3.8, 4) is 0 Å². The molecule has 0 amide bonds. The first-order valence-electron chi connectivity index (χ1n) is 4.37.